The second kappa shape index (κ2) is 9.72. The van der Waals surface area contributed by atoms with Gasteiger partial charge in [0, 0.05) is 12.5 Å². The number of anilines is 1. The number of aryl methyl sites for hydroxylation is 1. The van der Waals surface area contributed by atoms with E-state index in [0.717, 1.165) is 39.2 Å². The highest BCUT2D eigenvalue weighted by Gasteiger charge is 2.31. The van der Waals surface area contributed by atoms with Gasteiger partial charge >= 0.3 is 12.1 Å². The van der Waals surface area contributed by atoms with Gasteiger partial charge in [-0.3, -0.25) is 4.90 Å². The average molecular weight is 485 g/mol. The van der Waals surface area contributed by atoms with Gasteiger partial charge < -0.3 is 9.84 Å². The van der Waals surface area contributed by atoms with Crippen LogP contribution in [0.15, 0.2) is 78.9 Å². The molecule has 0 aliphatic heterocycles. The van der Waals surface area contributed by atoms with Gasteiger partial charge in [-0.05, 0) is 41.2 Å². The SMILES string of the molecule is Cc1nc(N(CCc2ccccc2)C(=O)OCC2c3ccccc3-c3ccccc32)sc1C(=O)O. The van der Waals surface area contributed by atoms with Crippen molar-refractivity contribution in [3.05, 3.63) is 106 Å². The molecule has 4 aromatic rings. The molecule has 1 N–H and O–H groups in total. The number of benzene rings is 3. The smallest absolute Gasteiger partial charge is 0.416 e. The van der Waals surface area contributed by atoms with E-state index in [2.05, 4.69) is 29.2 Å². The standard InChI is InChI=1S/C28H24N2O4S/c1-18-25(26(31)32)35-27(29-18)30(16-15-19-9-3-2-4-10-19)28(33)34-17-24-22-13-7-5-11-20(22)21-12-6-8-14-23(21)24/h2-14,24H,15-17H2,1H3,(H,31,32). The number of aromatic carboxylic acids is 1. The van der Waals surface area contributed by atoms with Crippen LogP contribution in [0.1, 0.15) is 38.0 Å². The van der Waals surface area contributed by atoms with Gasteiger partial charge in [0.2, 0.25) is 0 Å². The van der Waals surface area contributed by atoms with Crippen LogP contribution in [0.3, 0.4) is 0 Å². The summed E-state index contributed by atoms with van der Waals surface area (Å²) in [4.78, 5) is 30.9. The Kier molecular flexibility index (Phi) is 6.33. The fourth-order valence-electron chi connectivity index (χ4n) is 4.52. The molecule has 1 heterocycles. The molecule has 0 saturated heterocycles. The van der Waals surface area contributed by atoms with E-state index < -0.39 is 12.1 Å². The molecule has 6 nitrogen and oxygen atoms in total. The predicted molar refractivity (Wildman–Crippen MR) is 136 cm³/mol. The summed E-state index contributed by atoms with van der Waals surface area (Å²) < 4.78 is 5.86. The first kappa shape index (κ1) is 22.8. The number of carbonyl (C=O) groups excluding carboxylic acids is 1. The van der Waals surface area contributed by atoms with Crippen LogP contribution in [0.5, 0.6) is 0 Å². The number of amides is 1. The van der Waals surface area contributed by atoms with Crippen LogP contribution in [0.4, 0.5) is 9.93 Å². The molecule has 176 valence electrons. The Morgan fingerprint density at radius 3 is 2.14 bits per heavy atom. The van der Waals surface area contributed by atoms with E-state index in [1.165, 1.54) is 4.90 Å². The minimum absolute atomic E-state index is 0.0602. The lowest BCUT2D eigenvalue weighted by Crippen LogP contribution is -2.34. The number of carbonyl (C=O) groups is 2. The summed E-state index contributed by atoms with van der Waals surface area (Å²) >= 11 is 0.989. The van der Waals surface area contributed by atoms with E-state index >= 15 is 0 Å². The molecular formula is C28H24N2O4S. The molecule has 0 bridgehead atoms. The first-order valence-electron chi connectivity index (χ1n) is 11.4. The van der Waals surface area contributed by atoms with Crippen molar-refractivity contribution >= 4 is 28.5 Å². The van der Waals surface area contributed by atoms with E-state index in [9.17, 15) is 14.7 Å². The summed E-state index contributed by atoms with van der Waals surface area (Å²) in [7, 11) is 0. The minimum atomic E-state index is -1.05. The van der Waals surface area contributed by atoms with Crippen molar-refractivity contribution in [1.82, 2.24) is 4.98 Å². The second-order valence-corrected chi connectivity index (χ2v) is 9.38. The molecule has 7 heteroatoms. The number of fused-ring (bicyclic) bond motifs is 3. The zero-order chi connectivity index (χ0) is 24.4. The maximum Gasteiger partial charge on any atom is 0.416 e. The lowest BCUT2D eigenvalue weighted by molar-refractivity contribution is 0.0701. The Morgan fingerprint density at radius 1 is 0.943 bits per heavy atom. The maximum atomic E-state index is 13.4. The lowest BCUT2D eigenvalue weighted by Gasteiger charge is -2.21. The highest BCUT2D eigenvalue weighted by molar-refractivity contribution is 7.17. The third-order valence-electron chi connectivity index (χ3n) is 6.23. The van der Waals surface area contributed by atoms with E-state index in [4.69, 9.17) is 4.74 Å². The second-order valence-electron chi connectivity index (χ2n) is 8.41. The van der Waals surface area contributed by atoms with Crippen LogP contribution in [-0.2, 0) is 11.2 Å². The van der Waals surface area contributed by atoms with Gasteiger partial charge in [-0.25, -0.2) is 14.6 Å². The monoisotopic (exact) mass is 484 g/mol. The number of ether oxygens (including phenoxy) is 1. The number of hydrogen-bond donors (Lipinski definition) is 1. The van der Waals surface area contributed by atoms with Crippen LogP contribution >= 0.6 is 11.3 Å². The predicted octanol–water partition coefficient (Wildman–Crippen LogP) is 6.15. The number of carboxylic acid groups (broad SMARTS) is 1. The number of aromatic nitrogens is 1. The van der Waals surface area contributed by atoms with Crippen molar-refractivity contribution in [1.29, 1.82) is 0 Å². The van der Waals surface area contributed by atoms with Crippen molar-refractivity contribution in [2.24, 2.45) is 0 Å². The fourth-order valence-corrected chi connectivity index (χ4v) is 5.44. The van der Waals surface area contributed by atoms with Gasteiger partial charge in [0.05, 0.1) is 5.69 Å². The van der Waals surface area contributed by atoms with Gasteiger partial charge in [-0.15, -0.1) is 0 Å². The van der Waals surface area contributed by atoms with E-state index in [0.29, 0.717) is 23.8 Å². The molecule has 35 heavy (non-hydrogen) atoms. The Labute approximate surface area is 207 Å². The van der Waals surface area contributed by atoms with E-state index in [1.54, 1.807) is 6.92 Å². The molecule has 0 saturated carbocycles. The number of thiazole rings is 1. The highest BCUT2D eigenvalue weighted by Crippen LogP contribution is 2.44. The molecule has 1 aliphatic carbocycles. The maximum absolute atomic E-state index is 13.4. The fraction of sp³-hybridized carbons (Fsp3) is 0.179. The summed E-state index contributed by atoms with van der Waals surface area (Å²) in [5.74, 6) is -1.11. The van der Waals surface area contributed by atoms with Crippen molar-refractivity contribution < 1.29 is 19.4 Å². The minimum Gasteiger partial charge on any atom is -0.477 e. The van der Waals surface area contributed by atoms with Crippen molar-refractivity contribution in [3.8, 4) is 11.1 Å². The quantitative estimate of drug-likeness (QED) is 0.340. The molecule has 3 aromatic carbocycles. The van der Waals surface area contributed by atoms with Crippen molar-refractivity contribution in [2.45, 2.75) is 19.3 Å². The molecule has 0 unspecified atom stereocenters. The number of nitrogens with zero attached hydrogens (tertiary/aromatic N) is 2. The first-order valence-corrected chi connectivity index (χ1v) is 12.2. The Hall–Kier alpha value is -3.97. The highest BCUT2D eigenvalue weighted by atomic mass is 32.1. The van der Waals surface area contributed by atoms with Crippen LogP contribution in [0.25, 0.3) is 11.1 Å². The van der Waals surface area contributed by atoms with Gasteiger partial charge in [0.25, 0.3) is 0 Å². The number of hydrogen-bond acceptors (Lipinski definition) is 5. The zero-order valence-corrected chi connectivity index (χ0v) is 20.0. The normalized spacial score (nSPS) is 12.1. The van der Waals surface area contributed by atoms with Crippen molar-refractivity contribution in [2.75, 3.05) is 18.1 Å². The summed E-state index contributed by atoms with van der Waals surface area (Å²) in [5, 5.41) is 9.80. The Bertz CT molecular complexity index is 1340. The number of rotatable bonds is 7. The van der Waals surface area contributed by atoms with E-state index in [1.807, 2.05) is 54.6 Å². The van der Waals surface area contributed by atoms with Crippen LogP contribution < -0.4 is 4.90 Å². The summed E-state index contributed by atoms with van der Waals surface area (Å²) in [6.45, 7) is 2.15. The molecule has 1 amide bonds. The molecule has 1 aliphatic rings. The van der Waals surface area contributed by atoms with Crippen LogP contribution in [0.2, 0.25) is 0 Å². The number of carboxylic acids is 1. The third-order valence-corrected chi connectivity index (χ3v) is 7.40. The van der Waals surface area contributed by atoms with Crippen molar-refractivity contribution in [3.63, 3.8) is 0 Å². The van der Waals surface area contributed by atoms with Crippen LogP contribution in [-0.4, -0.2) is 35.3 Å². The average Bonchev–Trinajstić information content (AvgIpc) is 3.41. The summed E-state index contributed by atoms with van der Waals surface area (Å²) in [5.41, 5.74) is 6.04. The molecule has 5 rings (SSSR count). The van der Waals surface area contributed by atoms with Gasteiger partial charge in [0.15, 0.2) is 5.13 Å². The Morgan fingerprint density at radius 2 is 1.54 bits per heavy atom. The Balaban J connectivity index is 1.39. The lowest BCUT2D eigenvalue weighted by atomic mass is 9.98. The topological polar surface area (TPSA) is 79.7 Å². The molecular weight excluding hydrogens is 460 g/mol. The van der Waals surface area contributed by atoms with E-state index in [-0.39, 0.29) is 17.4 Å². The summed E-state index contributed by atoms with van der Waals surface area (Å²) in [6, 6.07) is 26.2. The molecule has 0 spiro atoms. The first-order chi connectivity index (χ1) is 17.0. The van der Waals surface area contributed by atoms with Gasteiger partial charge in [0.1, 0.15) is 11.5 Å². The molecule has 0 atom stereocenters. The van der Waals surface area contributed by atoms with Crippen LogP contribution in [0, 0.1) is 6.92 Å². The third kappa shape index (κ3) is 4.55. The molecule has 0 fully saturated rings. The van der Waals surface area contributed by atoms with Gasteiger partial charge in [-0.1, -0.05) is 90.2 Å². The summed E-state index contributed by atoms with van der Waals surface area (Å²) in [6.07, 6.45) is 0.0555. The molecule has 0 radical (unpaired) electrons. The van der Waals surface area contributed by atoms with Gasteiger partial charge in [-0.2, -0.15) is 0 Å². The zero-order valence-electron chi connectivity index (χ0n) is 19.2. The largest absolute Gasteiger partial charge is 0.477 e. The molecule has 1 aromatic heterocycles.